The topological polar surface area (TPSA) is 133 Å². The molecule has 1 atom stereocenters. The van der Waals surface area contributed by atoms with Crippen LogP contribution in [0.1, 0.15) is 36.5 Å². The van der Waals surface area contributed by atoms with Gasteiger partial charge >= 0.3 is 0 Å². The van der Waals surface area contributed by atoms with E-state index >= 15 is 0 Å². The number of ether oxygens (including phenoxy) is 1. The van der Waals surface area contributed by atoms with E-state index in [0.29, 0.717) is 25.4 Å². The van der Waals surface area contributed by atoms with Crippen LogP contribution in [0, 0.1) is 5.82 Å². The van der Waals surface area contributed by atoms with Gasteiger partial charge in [-0.05, 0) is 30.7 Å². The van der Waals surface area contributed by atoms with Gasteiger partial charge in [-0.3, -0.25) is 9.48 Å². The minimum Gasteiger partial charge on any atom is -0.383 e. The second-order valence-electron chi connectivity index (χ2n) is 7.56. The molecule has 6 N–H and O–H groups in total. The van der Waals surface area contributed by atoms with Crippen LogP contribution in [-0.4, -0.2) is 47.0 Å². The van der Waals surface area contributed by atoms with Crippen LogP contribution in [0.5, 0.6) is 0 Å². The molecule has 2 heterocycles. The molecule has 0 fully saturated rings. The third-order valence-corrected chi connectivity index (χ3v) is 5.18. The number of rotatable bonds is 12. The van der Waals surface area contributed by atoms with Crippen LogP contribution in [0.3, 0.4) is 0 Å². The summed E-state index contributed by atoms with van der Waals surface area (Å²) in [6, 6.07) is 6.58. The highest BCUT2D eigenvalue weighted by Gasteiger charge is 2.18. The Morgan fingerprint density at radius 2 is 2.12 bits per heavy atom. The first-order chi connectivity index (χ1) is 15.5. The van der Waals surface area contributed by atoms with Crippen LogP contribution in [0.4, 0.5) is 21.7 Å². The van der Waals surface area contributed by atoms with Crippen molar-refractivity contribution in [2.24, 2.45) is 11.5 Å². The maximum Gasteiger partial charge on any atom is 0.252 e. The summed E-state index contributed by atoms with van der Waals surface area (Å²) in [6.07, 6.45) is 4.50. The summed E-state index contributed by atoms with van der Waals surface area (Å²) in [5, 5.41) is 11.4. The highest BCUT2D eigenvalue weighted by Crippen LogP contribution is 2.26. The largest absolute Gasteiger partial charge is 0.383 e. The van der Waals surface area contributed by atoms with Gasteiger partial charge in [0.05, 0.1) is 30.4 Å². The molecule has 0 radical (unpaired) electrons. The summed E-state index contributed by atoms with van der Waals surface area (Å²) in [4.78, 5) is 16.2. The van der Waals surface area contributed by atoms with E-state index in [9.17, 15) is 9.18 Å². The van der Waals surface area contributed by atoms with Crippen LogP contribution in [-0.2, 0) is 11.3 Å². The van der Waals surface area contributed by atoms with E-state index in [0.717, 1.165) is 36.2 Å². The standard InChI is InChI=1S/C22H30FN7O2/c1-3-4-5-16(12-24)28-22-18(23)11-17(20(25)31)21(29-22)27-15-6-7-19-14(10-15)13-26-30(19)8-9-32-2/h6-7,10-11,13,16H,3-5,8-9,12,24H2,1-2H3,(H2,25,31)(H2,27,28,29)/t16-/m1/s1. The zero-order chi connectivity index (χ0) is 23.1. The molecule has 2 aromatic heterocycles. The second-order valence-corrected chi connectivity index (χ2v) is 7.56. The van der Waals surface area contributed by atoms with Crippen molar-refractivity contribution < 1.29 is 13.9 Å². The summed E-state index contributed by atoms with van der Waals surface area (Å²) in [5.74, 6) is -1.24. The number of halogens is 1. The van der Waals surface area contributed by atoms with Gasteiger partial charge in [-0.25, -0.2) is 9.37 Å². The van der Waals surface area contributed by atoms with Gasteiger partial charge in [0, 0.05) is 30.8 Å². The fraction of sp³-hybridized carbons (Fsp3) is 0.409. The Hall–Kier alpha value is -3.24. The number of nitrogens with two attached hydrogens (primary N) is 2. The molecule has 9 nitrogen and oxygen atoms in total. The Labute approximate surface area is 186 Å². The Balaban J connectivity index is 1.89. The molecule has 0 unspecified atom stereocenters. The molecular formula is C22H30FN7O2. The average Bonchev–Trinajstić information content (AvgIpc) is 3.18. The highest BCUT2D eigenvalue weighted by molar-refractivity contribution is 5.99. The number of nitrogens with zero attached hydrogens (tertiary/aromatic N) is 3. The number of hydrogen-bond donors (Lipinski definition) is 4. The maximum absolute atomic E-state index is 14.6. The lowest BCUT2D eigenvalue weighted by molar-refractivity contribution is 0.100. The number of hydrogen-bond acceptors (Lipinski definition) is 7. The number of nitrogens with one attached hydrogen (secondary N) is 2. The summed E-state index contributed by atoms with van der Waals surface area (Å²) in [6.45, 7) is 3.60. The molecular weight excluding hydrogens is 413 g/mol. The van der Waals surface area contributed by atoms with E-state index < -0.39 is 11.7 Å². The van der Waals surface area contributed by atoms with Gasteiger partial charge in [0.25, 0.3) is 5.91 Å². The first-order valence-corrected chi connectivity index (χ1v) is 10.6. The monoisotopic (exact) mass is 443 g/mol. The lowest BCUT2D eigenvalue weighted by atomic mass is 10.1. The lowest BCUT2D eigenvalue weighted by Gasteiger charge is -2.19. The molecule has 3 rings (SSSR count). The fourth-order valence-corrected chi connectivity index (χ4v) is 3.42. The van der Waals surface area contributed by atoms with Gasteiger partial charge in [-0.15, -0.1) is 0 Å². The predicted octanol–water partition coefficient (Wildman–Crippen LogP) is 2.99. The SMILES string of the molecule is CCCC[C@H](CN)Nc1nc(Nc2ccc3c(cnn3CCOC)c2)c(C(N)=O)cc1F. The Bertz CT molecular complexity index is 1070. The Morgan fingerprint density at radius 1 is 1.31 bits per heavy atom. The number of anilines is 3. The number of amides is 1. The third kappa shape index (κ3) is 5.51. The average molecular weight is 444 g/mol. The summed E-state index contributed by atoms with van der Waals surface area (Å²) < 4.78 is 21.6. The number of aromatic nitrogens is 3. The predicted molar refractivity (Wildman–Crippen MR) is 124 cm³/mol. The molecule has 0 aliphatic heterocycles. The molecule has 0 saturated carbocycles. The molecule has 0 aliphatic carbocycles. The van der Waals surface area contributed by atoms with E-state index in [4.69, 9.17) is 16.2 Å². The smallest absolute Gasteiger partial charge is 0.252 e. The van der Waals surface area contributed by atoms with Crippen molar-refractivity contribution in [1.29, 1.82) is 0 Å². The lowest BCUT2D eigenvalue weighted by Crippen LogP contribution is -2.30. The van der Waals surface area contributed by atoms with E-state index in [1.54, 1.807) is 13.3 Å². The zero-order valence-electron chi connectivity index (χ0n) is 18.4. The van der Waals surface area contributed by atoms with E-state index in [1.807, 2.05) is 22.9 Å². The number of unbranched alkanes of at least 4 members (excludes halogenated alkanes) is 1. The molecule has 10 heteroatoms. The molecule has 32 heavy (non-hydrogen) atoms. The second kappa shape index (κ2) is 10.9. The summed E-state index contributed by atoms with van der Waals surface area (Å²) in [5.41, 5.74) is 12.9. The van der Waals surface area contributed by atoms with Crippen LogP contribution in [0.25, 0.3) is 10.9 Å². The molecule has 1 aromatic carbocycles. The van der Waals surface area contributed by atoms with Crippen molar-refractivity contribution >= 4 is 34.1 Å². The van der Waals surface area contributed by atoms with Crippen molar-refractivity contribution in [2.75, 3.05) is 30.9 Å². The zero-order valence-corrected chi connectivity index (χ0v) is 18.4. The molecule has 1 amide bonds. The quantitative estimate of drug-likeness (QED) is 0.338. The van der Waals surface area contributed by atoms with Gasteiger partial charge in [0.1, 0.15) is 5.82 Å². The van der Waals surface area contributed by atoms with Crippen molar-refractivity contribution in [3.63, 3.8) is 0 Å². The first kappa shape index (κ1) is 23.4. The van der Waals surface area contributed by atoms with Crippen molar-refractivity contribution in [3.05, 3.63) is 41.8 Å². The molecule has 0 bridgehead atoms. The fourth-order valence-electron chi connectivity index (χ4n) is 3.42. The van der Waals surface area contributed by atoms with Crippen LogP contribution >= 0.6 is 0 Å². The van der Waals surface area contributed by atoms with Crippen molar-refractivity contribution in [3.8, 4) is 0 Å². The number of benzene rings is 1. The molecule has 0 aliphatic rings. The maximum atomic E-state index is 14.6. The van der Waals surface area contributed by atoms with Crippen LogP contribution in [0.2, 0.25) is 0 Å². The first-order valence-electron chi connectivity index (χ1n) is 10.6. The number of primary amides is 1. The minimum atomic E-state index is -0.778. The number of methoxy groups -OCH3 is 1. The van der Waals surface area contributed by atoms with Crippen LogP contribution in [0.15, 0.2) is 30.5 Å². The summed E-state index contributed by atoms with van der Waals surface area (Å²) in [7, 11) is 1.64. The Morgan fingerprint density at radius 3 is 2.81 bits per heavy atom. The molecule has 0 saturated heterocycles. The van der Waals surface area contributed by atoms with E-state index in [1.165, 1.54) is 0 Å². The third-order valence-electron chi connectivity index (χ3n) is 5.18. The summed E-state index contributed by atoms with van der Waals surface area (Å²) >= 11 is 0. The molecule has 0 spiro atoms. The van der Waals surface area contributed by atoms with Crippen molar-refractivity contribution in [1.82, 2.24) is 14.8 Å². The number of carbonyl (C=O) groups excluding carboxylic acids is 1. The van der Waals surface area contributed by atoms with Gasteiger partial charge in [-0.2, -0.15) is 5.10 Å². The number of pyridine rings is 1. The van der Waals surface area contributed by atoms with Gasteiger partial charge < -0.3 is 26.8 Å². The van der Waals surface area contributed by atoms with Gasteiger partial charge in [0.2, 0.25) is 0 Å². The minimum absolute atomic E-state index is 0.0255. The van der Waals surface area contributed by atoms with Gasteiger partial charge in [-0.1, -0.05) is 19.8 Å². The van der Waals surface area contributed by atoms with Crippen molar-refractivity contribution in [2.45, 2.75) is 38.8 Å². The number of fused-ring (bicyclic) bond motifs is 1. The van der Waals surface area contributed by atoms with E-state index in [2.05, 4.69) is 27.6 Å². The highest BCUT2D eigenvalue weighted by atomic mass is 19.1. The van der Waals surface area contributed by atoms with Gasteiger partial charge in [0.15, 0.2) is 11.6 Å². The normalized spacial score (nSPS) is 12.1. The molecule has 172 valence electrons. The van der Waals surface area contributed by atoms with E-state index in [-0.39, 0.29) is 23.2 Å². The Kier molecular flexibility index (Phi) is 7.96. The number of carbonyl (C=O) groups is 1. The van der Waals surface area contributed by atoms with Crippen LogP contribution < -0.4 is 22.1 Å². The molecule has 3 aromatic rings.